The van der Waals surface area contributed by atoms with Crippen molar-refractivity contribution in [2.45, 2.75) is 32.3 Å². The molecule has 1 unspecified atom stereocenters. The lowest BCUT2D eigenvalue weighted by Gasteiger charge is -2.09. The molecule has 0 aliphatic heterocycles. The molecule has 1 N–H and O–H groups in total. The third-order valence-electron chi connectivity index (χ3n) is 2.26. The second-order valence-electron chi connectivity index (χ2n) is 3.39. The number of aliphatic hydroxyl groups is 1. The fourth-order valence-corrected chi connectivity index (χ4v) is 1.34. The largest absolute Gasteiger partial charge is 0.388 e. The quantitative estimate of drug-likeness (QED) is 0.791. The average molecular weight is 189 g/mol. The van der Waals surface area contributed by atoms with Gasteiger partial charge in [-0.2, -0.15) is 5.26 Å². The number of unbranched alkanes of at least 4 members (excludes halogenated alkanes) is 1. The molecule has 2 heteroatoms. The lowest BCUT2D eigenvalue weighted by Crippen LogP contribution is -1.96. The van der Waals surface area contributed by atoms with Crippen LogP contribution in [-0.2, 0) is 0 Å². The van der Waals surface area contributed by atoms with Crippen LogP contribution in [-0.4, -0.2) is 5.11 Å². The summed E-state index contributed by atoms with van der Waals surface area (Å²) in [6, 6.07) is 9.17. The molecule has 1 atom stereocenters. The van der Waals surface area contributed by atoms with Gasteiger partial charge in [-0.1, -0.05) is 31.9 Å². The Balaban J connectivity index is 2.63. The van der Waals surface area contributed by atoms with Gasteiger partial charge in [-0.25, -0.2) is 0 Å². The van der Waals surface area contributed by atoms with Gasteiger partial charge in [-0.15, -0.1) is 0 Å². The van der Waals surface area contributed by atoms with Crippen LogP contribution in [0.25, 0.3) is 0 Å². The summed E-state index contributed by atoms with van der Waals surface area (Å²) in [6.07, 6.45) is 2.53. The molecule has 0 saturated carbocycles. The summed E-state index contributed by atoms with van der Waals surface area (Å²) in [4.78, 5) is 0. The lowest BCUT2D eigenvalue weighted by atomic mass is 10.0. The maximum absolute atomic E-state index is 9.73. The van der Waals surface area contributed by atoms with Gasteiger partial charge in [0.1, 0.15) is 0 Å². The van der Waals surface area contributed by atoms with Crippen molar-refractivity contribution in [1.29, 1.82) is 5.26 Å². The minimum absolute atomic E-state index is 0.386. The van der Waals surface area contributed by atoms with Crippen molar-refractivity contribution in [1.82, 2.24) is 0 Å². The number of rotatable bonds is 4. The van der Waals surface area contributed by atoms with E-state index in [1.807, 2.05) is 12.1 Å². The number of nitrogens with zero attached hydrogens (tertiary/aromatic N) is 1. The smallest absolute Gasteiger partial charge is 0.0991 e. The Morgan fingerprint density at radius 3 is 2.50 bits per heavy atom. The predicted molar refractivity (Wildman–Crippen MR) is 55.6 cm³/mol. The van der Waals surface area contributed by atoms with Crippen molar-refractivity contribution in [2.24, 2.45) is 0 Å². The van der Waals surface area contributed by atoms with Crippen LogP contribution in [0.3, 0.4) is 0 Å². The van der Waals surface area contributed by atoms with Gasteiger partial charge >= 0.3 is 0 Å². The zero-order valence-electron chi connectivity index (χ0n) is 8.40. The summed E-state index contributed by atoms with van der Waals surface area (Å²) in [5, 5.41) is 18.3. The molecule has 0 aliphatic rings. The van der Waals surface area contributed by atoms with E-state index < -0.39 is 0 Å². The maximum Gasteiger partial charge on any atom is 0.0991 e. The van der Waals surface area contributed by atoms with Gasteiger partial charge in [-0.3, -0.25) is 0 Å². The van der Waals surface area contributed by atoms with E-state index in [2.05, 4.69) is 13.0 Å². The Morgan fingerprint density at radius 2 is 2.00 bits per heavy atom. The molecule has 14 heavy (non-hydrogen) atoms. The van der Waals surface area contributed by atoms with Crippen LogP contribution >= 0.6 is 0 Å². The Labute approximate surface area is 84.8 Å². The van der Waals surface area contributed by atoms with Gasteiger partial charge in [-0.05, 0) is 24.1 Å². The van der Waals surface area contributed by atoms with Crippen molar-refractivity contribution in [3.05, 3.63) is 35.4 Å². The van der Waals surface area contributed by atoms with Gasteiger partial charge in [0.2, 0.25) is 0 Å². The minimum Gasteiger partial charge on any atom is -0.388 e. The molecular weight excluding hydrogens is 174 g/mol. The highest BCUT2D eigenvalue weighted by Gasteiger charge is 2.05. The van der Waals surface area contributed by atoms with Gasteiger partial charge in [0.15, 0.2) is 0 Å². The maximum atomic E-state index is 9.73. The Kier molecular flexibility index (Phi) is 4.15. The second-order valence-corrected chi connectivity index (χ2v) is 3.39. The molecule has 0 saturated heterocycles. The molecule has 0 bridgehead atoms. The second kappa shape index (κ2) is 5.41. The van der Waals surface area contributed by atoms with Gasteiger partial charge in [0, 0.05) is 0 Å². The predicted octanol–water partition coefficient (Wildman–Crippen LogP) is 2.78. The van der Waals surface area contributed by atoms with Crippen LogP contribution in [0.15, 0.2) is 24.3 Å². The van der Waals surface area contributed by atoms with Crippen molar-refractivity contribution in [2.75, 3.05) is 0 Å². The summed E-state index contributed by atoms with van der Waals surface area (Å²) < 4.78 is 0. The zero-order chi connectivity index (χ0) is 10.4. The third kappa shape index (κ3) is 2.86. The number of hydrogen-bond donors (Lipinski definition) is 1. The highest BCUT2D eigenvalue weighted by atomic mass is 16.3. The Bertz CT molecular complexity index is 310. The molecule has 1 aromatic carbocycles. The molecule has 0 heterocycles. The number of hydrogen-bond acceptors (Lipinski definition) is 2. The van der Waals surface area contributed by atoms with Crippen molar-refractivity contribution < 1.29 is 5.11 Å². The van der Waals surface area contributed by atoms with Gasteiger partial charge in [0.25, 0.3) is 0 Å². The van der Waals surface area contributed by atoms with E-state index in [-0.39, 0.29) is 6.10 Å². The highest BCUT2D eigenvalue weighted by molar-refractivity contribution is 5.32. The molecule has 1 aromatic rings. The normalized spacial score (nSPS) is 12.1. The van der Waals surface area contributed by atoms with Crippen molar-refractivity contribution >= 4 is 0 Å². The van der Waals surface area contributed by atoms with Crippen molar-refractivity contribution in [3.8, 4) is 6.07 Å². The standard InChI is InChI=1S/C12H15NO/c1-2-3-4-12(14)11-7-5-10(9-13)6-8-11/h5-8,12,14H,2-4H2,1H3. The first-order valence-electron chi connectivity index (χ1n) is 4.96. The first-order valence-corrected chi connectivity index (χ1v) is 4.96. The molecule has 0 amide bonds. The van der Waals surface area contributed by atoms with Crippen LogP contribution in [0, 0.1) is 11.3 Å². The van der Waals surface area contributed by atoms with Gasteiger partial charge < -0.3 is 5.11 Å². The average Bonchev–Trinajstić information content (AvgIpc) is 2.26. The summed E-state index contributed by atoms with van der Waals surface area (Å²) in [5.41, 5.74) is 1.54. The van der Waals surface area contributed by atoms with Crippen molar-refractivity contribution in [3.63, 3.8) is 0 Å². The molecule has 0 spiro atoms. The Morgan fingerprint density at radius 1 is 1.36 bits per heavy atom. The van der Waals surface area contributed by atoms with Crippen LogP contribution in [0.1, 0.15) is 43.4 Å². The topological polar surface area (TPSA) is 44.0 Å². The monoisotopic (exact) mass is 189 g/mol. The SMILES string of the molecule is CCCCC(O)c1ccc(C#N)cc1. The minimum atomic E-state index is -0.386. The third-order valence-corrected chi connectivity index (χ3v) is 2.26. The van der Waals surface area contributed by atoms with E-state index in [0.717, 1.165) is 24.8 Å². The molecule has 2 nitrogen and oxygen atoms in total. The van der Waals surface area contributed by atoms with E-state index in [0.29, 0.717) is 5.56 Å². The van der Waals surface area contributed by atoms with Gasteiger partial charge in [0.05, 0.1) is 17.7 Å². The molecule has 0 aromatic heterocycles. The fourth-order valence-electron chi connectivity index (χ4n) is 1.34. The summed E-state index contributed by atoms with van der Waals surface area (Å²) in [5.74, 6) is 0. The molecule has 0 aliphatic carbocycles. The van der Waals surface area contributed by atoms with Crippen LogP contribution in [0.5, 0.6) is 0 Å². The van der Waals surface area contributed by atoms with Crippen LogP contribution < -0.4 is 0 Å². The number of nitriles is 1. The van der Waals surface area contributed by atoms with Crippen LogP contribution in [0.4, 0.5) is 0 Å². The fraction of sp³-hybridized carbons (Fsp3) is 0.417. The first-order chi connectivity index (χ1) is 6.77. The van der Waals surface area contributed by atoms with E-state index >= 15 is 0 Å². The zero-order valence-corrected chi connectivity index (χ0v) is 8.40. The summed E-state index contributed by atoms with van der Waals surface area (Å²) in [6.45, 7) is 2.10. The Hall–Kier alpha value is -1.33. The van der Waals surface area contributed by atoms with E-state index in [1.165, 1.54) is 0 Å². The number of benzene rings is 1. The molecule has 74 valence electrons. The molecular formula is C12H15NO. The first kappa shape index (κ1) is 10.7. The van der Waals surface area contributed by atoms with E-state index in [9.17, 15) is 5.11 Å². The van der Waals surface area contributed by atoms with E-state index in [4.69, 9.17) is 5.26 Å². The number of aliphatic hydroxyl groups excluding tert-OH is 1. The van der Waals surface area contributed by atoms with Crippen LogP contribution in [0.2, 0.25) is 0 Å². The molecule has 0 fully saturated rings. The molecule has 0 radical (unpaired) electrons. The van der Waals surface area contributed by atoms with E-state index in [1.54, 1.807) is 12.1 Å². The molecule has 1 rings (SSSR count). The summed E-state index contributed by atoms with van der Waals surface area (Å²) in [7, 11) is 0. The summed E-state index contributed by atoms with van der Waals surface area (Å²) >= 11 is 0. The lowest BCUT2D eigenvalue weighted by molar-refractivity contribution is 0.164. The highest BCUT2D eigenvalue weighted by Crippen LogP contribution is 2.19.